The predicted octanol–water partition coefficient (Wildman–Crippen LogP) is 5.22. The van der Waals surface area contributed by atoms with Gasteiger partial charge in [-0.2, -0.15) is 13.2 Å². The Balaban J connectivity index is 2.01. The lowest BCUT2D eigenvalue weighted by molar-refractivity contribution is -0.274. The predicted molar refractivity (Wildman–Crippen MR) is 108 cm³/mol. The summed E-state index contributed by atoms with van der Waals surface area (Å²) in [6, 6.07) is 8.24. The molecule has 2 atom stereocenters. The lowest BCUT2D eigenvalue weighted by Gasteiger charge is -2.37. The van der Waals surface area contributed by atoms with Crippen molar-refractivity contribution in [1.29, 1.82) is 0 Å². The number of alkyl halides is 3. The summed E-state index contributed by atoms with van der Waals surface area (Å²) in [5, 5.41) is 26.5. The van der Waals surface area contributed by atoms with Crippen molar-refractivity contribution in [3.05, 3.63) is 75.7 Å². The van der Waals surface area contributed by atoms with E-state index in [1.165, 1.54) is 24.3 Å². The summed E-state index contributed by atoms with van der Waals surface area (Å²) in [5.41, 5.74) is -4.22. The first-order valence-electron chi connectivity index (χ1n) is 8.89. The smallest absolute Gasteiger partial charge is 0.422 e. The number of carboxylic acids is 1. The van der Waals surface area contributed by atoms with E-state index in [9.17, 15) is 23.1 Å². The molecule has 0 saturated heterocycles. The van der Waals surface area contributed by atoms with Gasteiger partial charge in [-0.3, -0.25) is 0 Å². The lowest BCUT2D eigenvalue weighted by Crippen LogP contribution is -2.46. The summed E-state index contributed by atoms with van der Waals surface area (Å²) in [4.78, 5) is 14.5. The van der Waals surface area contributed by atoms with Crippen molar-refractivity contribution in [2.75, 3.05) is 0 Å². The van der Waals surface area contributed by atoms with Gasteiger partial charge in [0, 0.05) is 23.2 Å². The quantitative estimate of drug-likeness (QED) is 0.459. The Hall–Kier alpha value is -2.95. The fourth-order valence-corrected chi connectivity index (χ4v) is 3.51. The molecule has 0 aliphatic rings. The highest BCUT2D eigenvalue weighted by Gasteiger charge is 2.59. The zero-order chi connectivity index (χ0) is 23.7. The zero-order valence-corrected chi connectivity index (χ0v) is 17.7. The van der Waals surface area contributed by atoms with Gasteiger partial charge in [-0.25, -0.2) is 9.78 Å². The molecule has 2 heterocycles. The van der Waals surface area contributed by atoms with Crippen LogP contribution in [0.2, 0.25) is 10.2 Å². The third kappa shape index (κ3) is 4.62. The number of ether oxygens (including phenoxy) is 1. The Morgan fingerprint density at radius 2 is 1.81 bits per heavy atom. The zero-order valence-electron chi connectivity index (χ0n) is 16.1. The summed E-state index contributed by atoms with van der Waals surface area (Å²) < 4.78 is 47.7. The number of aromatic carboxylic acids is 1. The maximum absolute atomic E-state index is 14.1. The second-order valence-corrected chi connectivity index (χ2v) is 7.49. The second-order valence-electron chi connectivity index (χ2n) is 6.70. The van der Waals surface area contributed by atoms with Gasteiger partial charge in [0.1, 0.15) is 10.9 Å². The monoisotopic (exact) mass is 487 g/mol. The molecule has 0 spiro atoms. The first-order chi connectivity index (χ1) is 14.9. The molecule has 32 heavy (non-hydrogen) atoms. The number of carboxylic acid groups (broad SMARTS) is 1. The van der Waals surface area contributed by atoms with Crippen LogP contribution < -0.4 is 4.74 Å². The number of benzene rings is 1. The second kappa shape index (κ2) is 8.89. The minimum absolute atomic E-state index is 0.0417. The Morgan fingerprint density at radius 1 is 1.09 bits per heavy atom. The summed E-state index contributed by atoms with van der Waals surface area (Å²) in [6.45, 7) is 1.16. The molecule has 0 aliphatic carbocycles. The molecular formula is C20H14Cl2F3N3O4. The van der Waals surface area contributed by atoms with Crippen molar-refractivity contribution in [2.24, 2.45) is 0 Å². The Labute approximate surface area is 189 Å². The van der Waals surface area contributed by atoms with Crippen LogP contribution in [-0.2, 0) is 5.60 Å². The van der Waals surface area contributed by atoms with E-state index in [1.807, 2.05) is 0 Å². The lowest BCUT2D eigenvalue weighted by atomic mass is 9.78. The number of halogens is 5. The van der Waals surface area contributed by atoms with Crippen LogP contribution >= 0.6 is 23.2 Å². The summed E-state index contributed by atoms with van der Waals surface area (Å²) in [7, 11) is 0. The number of rotatable bonds is 6. The Bertz CT molecular complexity index is 1150. The molecule has 0 radical (unpaired) electrons. The minimum atomic E-state index is -5.09. The molecule has 3 aromatic rings. The van der Waals surface area contributed by atoms with Crippen LogP contribution in [0, 0.1) is 0 Å². The number of aromatic nitrogens is 3. The first kappa shape index (κ1) is 23.7. The van der Waals surface area contributed by atoms with Crippen molar-refractivity contribution in [2.45, 2.75) is 24.6 Å². The van der Waals surface area contributed by atoms with E-state index in [0.29, 0.717) is 0 Å². The van der Waals surface area contributed by atoms with Gasteiger partial charge in [0.05, 0.1) is 0 Å². The number of pyridine rings is 1. The molecule has 3 rings (SSSR count). The minimum Gasteiger partial charge on any atom is -0.476 e. The van der Waals surface area contributed by atoms with E-state index in [0.717, 1.165) is 31.3 Å². The van der Waals surface area contributed by atoms with Gasteiger partial charge in [0.25, 0.3) is 0 Å². The van der Waals surface area contributed by atoms with Crippen molar-refractivity contribution >= 4 is 29.2 Å². The molecule has 7 nitrogen and oxygen atoms in total. The fourth-order valence-electron chi connectivity index (χ4n) is 3.05. The van der Waals surface area contributed by atoms with E-state index in [4.69, 9.17) is 33.0 Å². The van der Waals surface area contributed by atoms with Crippen LogP contribution in [-0.4, -0.2) is 37.5 Å². The molecule has 168 valence electrons. The number of aliphatic hydroxyl groups is 1. The first-order valence-corrected chi connectivity index (χ1v) is 9.64. The van der Waals surface area contributed by atoms with Crippen molar-refractivity contribution in [3.8, 4) is 11.6 Å². The average Bonchev–Trinajstić information content (AvgIpc) is 2.73. The van der Waals surface area contributed by atoms with E-state index >= 15 is 0 Å². The largest absolute Gasteiger partial charge is 0.476 e. The number of hydrogen-bond donors (Lipinski definition) is 2. The average molecular weight is 488 g/mol. The van der Waals surface area contributed by atoms with Crippen LogP contribution in [0.25, 0.3) is 0 Å². The number of hydrogen-bond acceptors (Lipinski definition) is 6. The van der Waals surface area contributed by atoms with E-state index in [-0.39, 0.29) is 33.1 Å². The van der Waals surface area contributed by atoms with E-state index in [2.05, 4.69) is 15.2 Å². The molecule has 12 heteroatoms. The maximum Gasteiger partial charge on any atom is 0.422 e. The van der Waals surface area contributed by atoms with E-state index < -0.39 is 29.2 Å². The standard InChI is InChI=1S/C20H14Cl2F3N3O4/c1-10(19(31,20(23,24)25)11-6-7-26-16(22)8-11)13-9-12(2-3-14(13)21)32-17-5-4-15(18(29)30)27-28-17/h2-10,31H,1H3,(H,29,30)/t10-,19-/m1/s1. The van der Waals surface area contributed by atoms with Gasteiger partial charge in [0.2, 0.25) is 5.88 Å². The van der Waals surface area contributed by atoms with Crippen LogP contribution in [0.1, 0.15) is 34.5 Å². The van der Waals surface area contributed by atoms with Gasteiger partial charge in [0.15, 0.2) is 11.3 Å². The molecule has 0 saturated carbocycles. The van der Waals surface area contributed by atoms with Crippen molar-refractivity contribution in [1.82, 2.24) is 15.2 Å². The summed E-state index contributed by atoms with van der Waals surface area (Å²) in [6.07, 6.45) is -4.03. The molecule has 1 aromatic carbocycles. The molecule has 0 aliphatic heterocycles. The van der Waals surface area contributed by atoms with E-state index in [1.54, 1.807) is 0 Å². The van der Waals surface area contributed by atoms with Crippen molar-refractivity contribution < 1.29 is 32.9 Å². The maximum atomic E-state index is 14.1. The number of carbonyl (C=O) groups is 1. The van der Waals surface area contributed by atoms with Crippen molar-refractivity contribution in [3.63, 3.8) is 0 Å². The normalized spacial score (nSPS) is 14.5. The number of nitrogens with zero attached hydrogens (tertiary/aromatic N) is 3. The van der Waals surface area contributed by atoms with Crippen LogP contribution in [0.15, 0.2) is 48.7 Å². The SMILES string of the molecule is C[C@H](c1cc(Oc2ccc(C(=O)O)nn2)ccc1Cl)[C@@](O)(c1ccnc(Cl)c1)C(F)(F)F. The van der Waals surface area contributed by atoms with Crippen LogP contribution in [0.5, 0.6) is 11.6 Å². The highest BCUT2D eigenvalue weighted by atomic mass is 35.5. The fraction of sp³-hybridized carbons (Fsp3) is 0.200. The topological polar surface area (TPSA) is 105 Å². The molecule has 0 unspecified atom stereocenters. The molecule has 0 fully saturated rings. The highest BCUT2D eigenvalue weighted by Crippen LogP contribution is 2.50. The molecule has 0 amide bonds. The van der Waals surface area contributed by atoms with Crippen LogP contribution in [0.4, 0.5) is 13.2 Å². The van der Waals surface area contributed by atoms with Gasteiger partial charge < -0.3 is 14.9 Å². The van der Waals surface area contributed by atoms with Gasteiger partial charge >= 0.3 is 12.1 Å². The summed E-state index contributed by atoms with van der Waals surface area (Å²) >= 11 is 11.9. The van der Waals surface area contributed by atoms with Gasteiger partial charge in [-0.15, -0.1) is 10.2 Å². The molecular weight excluding hydrogens is 474 g/mol. The summed E-state index contributed by atoms with van der Waals surface area (Å²) in [5.74, 6) is -2.92. The molecule has 2 N–H and O–H groups in total. The molecule has 2 aromatic heterocycles. The molecule has 0 bridgehead atoms. The van der Waals surface area contributed by atoms with Crippen LogP contribution in [0.3, 0.4) is 0 Å². The third-order valence-electron chi connectivity index (χ3n) is 4.74. The highest BCUT2D eigenvalue weighted by molar-refractivity contribution is 6.31. The van der Waals surface area contributed by atoms with Gasteiger partial charge in [-0.1, -0.05) is 30.1 Å². The Kier molecular flexibility index (Phi) is 6.59. The van der Waals surface area contributed by atoms with Gasteiger partial charge in [-0.05, 0) is 47.5 Å². The third-order valence-corrected chi connectivity index (χ3v) is 5.29. The Morgan fingerprint density at radius 3 is 2.38 bits per heavy atom.